The summed E-state index contributed by atoms with van der Waals surface area (Å²) in [6.07, 6.45) is -0.637. The Morgan fingerprint density at radius 3 is 2.44 bits per heavy atom. The van der Waals surface area contributed by atoms with Gasteiger partial charge in [0.1, 0.15) is 24.2 Å². The van der Waals surface area contributed by atoms with Gasteiger partial charge in [-0.25, -0.2) is 0 Å². The number of nitrogens with zero attached hydrogens (tertiary/aromatic N) is 1. The first-order valence-corrected chi connectivity index (χ1v) is 10.7. The molecule has 3 aromatic carbocycles. The Balaban J connectivity index is 1.43. The number of aryl methyl sites for hydroxylation is 1. The molecule has 6 heteroatoms. The Bertz CT molecular complexity index is 1020. The first-order valence-electron chi connectivity index (χ1n) is 10.7. The lowest BCUT2D eigenvalue weighted by molar-refractivity contribution is 0.0626. The van der Waals surface area contributed by atoms with E-state index in [0.29, 0.717) is 19.6 Å². The van der Waals surface area contributed by atoms with E-state index in [9.17, 15) is 5.11 Å². The lowest BCUT2D eigenvalue weighted by atomic mass is 10.1. The van der Waals surface area contributed by atoms with Crippen LogP contribution in [0.2, 0.25) is 0 Å². The number of hydrogen-bond acceptors (Lipinski definition) is 6. The highest BCUT2D eigenvalue weighted by molar-refractivity contribution is 5.44. The summed E-state index contributed by atoms with van der Waals surface area (Å²) in [5, 5.41) is 10.7. The molecule has 0 unspecified atom stereocenters. The lowest BCUT2D eigenvalue weighted by Gasteiger charge is -2.26. The van der Waals surface area contributed by atoms with Gasteiger partial charge in [0.25, 0.3) is 0 Å². The van der Waals surface area contributed by atoms with Gasteiger partial charge < -0.3 is 24.1 Å². The van der Waals surface area contributed by atoms with Crippen molar-refractivity contribution in [2.24, 2.45) is 0 Å². The highest BCUT2D eigenvalue weighted by atomic mass is 16.7. The lowest BCUT2D eigenvalue weighted by Crippen LogP contribution is -2.35. The summed E-state index contributed by atoms with van der Waals surface area (Å²) in [5.41, 5.74) is 3.28. The van der Waals surface area contributed by atoms with Gasteiger partial charge in [0.15, 0.2) is 11.5 Å². The molecule has 0 amide bonds. The van der Waals surface area contributed by atoms with E-state index in [1.807, 2.05) is 73.7 Å². The van der Waals surface area contributed by atoms with Crippen LogP contribution in [0.3, 0.4) is 0 Å². The maximum atomic E-state index is 10.7. The molecule has 1 aliphatic heterocycles. The van der Waals surface area contributed by atoms with Crippen LogP contribution in [0, 0.1) is 6.92 Å². The molecular weight excluding hydrogens is 406 g/mol. The number of fused-ring (bicyclic) bond motifs is 1. The molecule has 0 spiro atoms. The van der Waals surface area contributed by atoms with Crippen LogP contribution in [-0.4, -0.2) is 43.2 Å². The monoisotopic (exact) mass is 435 g/mol. The summed E-state index contributed by atoms with van der Waals surface area (Å²) in [6, 6.07) is 21.8. The van der Waals surface area contributed by atoms with Crippen molar-refractivity contribution in [1.82, 2.24) is 4.90 Å². The van der Waals surface area contributed by atoms with Crippen LogP contribution in [0.15, 0.2) is 66.7 Å². The second-order valence-corrected chi connectivity index (χ2v) is 7.94. The SMILES string of the molecule is COc1ccc(CN(Cc2ccc3c(c2)OCO3)C[C@H](O)COc2ccccc2C)cc1. The molecule has 1 heterocycles. The molecular formula is C26H29NO5. The van der Waals surface area contributed by atoms with Crippen molar-refractivity contribution in [1.29, 1.82) is 0 Å². The normalized spacial score (nSPS) is 13.2. The number of rotatable bonds is 10. The van der Waals surface area contributed by atoms with Gasteiger partial charge in [0, 0.05) is 19.6 Å². The highest BCUT2D eigenvalue weighted by Gasteiger charge is 2.17. The Labute approximate surface area is 188 Å². The number of ether oxygens (including phenoxy) is 4. The van der Waals surface area contributed by atoms with E-state index in [1.54, 1.807) is 7.11 Å². The minimum atomic E-state index is -0.637. The summed E-state index contributed by atoms with van der Waals surface area (Å²) < 4.78 is 22.1. The number of para-hydroxylation sites is 1. The third kappa shape index (κ3) is 5.72. The zero-order chi connectivity index (χ0) is 22.3. The molecule has 0 bridgehead atoms. The number of methoxy groups -OCH3 is 1. The van der Waals surface area contributed by atoms with E-state index in [-0.39, 0.29) is 13.4 Å². The first kappa shape index (κ1) is 22.0. The van der Waals surface area contributed by atoms with Crippen molar-refractivity contribution in [2.75, 3.05) is 27.1 Å². The van der Waals surface area contributed by atoms with Crippen LogP contribution < -0.4 is 18.9 Å². The molecule has 4 rings (SSSR count). The predicted molar refractivity (Wildman–Crippen MR) is 122 cm³/mol. The number of aliphatic hydroxyl groups is 1. The molecule has 0 saturated carbocycles. The van der Waals surface area contributed by atoms with Gasteiger partial charge in [-0.2, -0.15) is 0 Å². The van der Waals surface area contributed by atoms with Crippen LogP contribution in [0.4, 0.5) is 0 Å². The van der Waals surface area contributed by atoms with Gasteiger partial charge in [0.05, 0.1) is 7.11 Å². The fraction of sp³-hybridized carbons (Fsp3) is 0.308. The highest BCUT2D eigenvalue weighted by Crippen LogP contribution is 2.33. The predicted octanol–water partition coefficient (Wildman–Crippen LogP) is 4.17. The zero-order valence-corrected chi connectivity index (χ0v) is 18.5. The average Bonchev–Trinajstić information content (AvgIpc) is 3.27. The zero-order valence-electron chi connectivity index (χ0n) is 18.5. The van der Waals surface area contributed by atoms with E-state index in [4.69, 9.17) is 18.9 Å². The van der Waals surface area contributed by atoms with Gasteiger partial charge >= 0.3 is 0 Å². The third-order valence-electron chi connectivity index (χ3n) is 5.40. The van der Waals surface area contributed by atoms with Crippen molar-refractivity contribution in [3.63, 3.8) is 0 Å². The molecule has 0 aromatic heterocycles. The quantitative estimate of drug-likeness (QED) is 0.516. The topological polar surface area (TPSA) is 60.4 Å². The Hall–Kier alpha value is -3.22. The van der Waals surface area contributed by atoms with E-state index in [1.165, 1.54) is 0 Å². The van der Waals surface area contributed by atoms with Gasteiger partial charge in [0.2, 0.25) is 6.79 Å². The standard InChI is InChI=1S/C26H29NO5/c1-19-5-3-4-6-24(19)30-17-22(28)16-27(14-20-7-10-23(29-2)11-8-20)15-21-9-12-25-26(13-21)32-18-31-25/h3-13,22,28H,14-18H2,1-2H3/t22-/m0/s1. The molecule has 6 nitrogen and oxygen atoms in total. The van der Waals surface area contributed by atoms with E-state index in [0.717, 1.165) is 39.7 Å². The van der Waals surface area contributed by atoms with E-state index < -0.39 is 6.10 Å². The molecule has 0 fully saturated rings. The summed E-state index contributed by atoms with van der Waals surface area (Å²) in [7, 11) is 1.66. The van der Waals surface area contributed by atoms with Crippen LogP contribution in [-0.2, 0) is 13.1 Å². The maximum absolute atomic E-state index is 10.7. The van der Waals surface area contributed by atoms with Gasteiger partial charge in [-0.05, 0) is 53.9 Å². The summed E-state index contributed by atoms with van der Waals surface area (Å²) >= 11 is 0. The largest absolute Gasteiger partial charge is 0.497 e. The summed E-state index contributed by atoms with van der Waals surface area (Å²) in [4.78, 5) is 2.20. The Morgan fingerprint density at radius 2 is 1.66 bits per heavy atom. The first-order chi connectivity index (χ1) is 15.6. The summed E-state index contributed by atoms with van der Waals surface area (Å²) in [6.45, 7) is 4.28. The van der Waals surface area contributed by atoms with Crippen molar-refractivity contribution in [3.05, 3.63) is 83.4 Å². The average molecular weight is 436 g/mol. The number of hydrogen-bond donors (Lipinski definition) is 1. The smallest absolute Gasteiger partial charge is 0.231 e. The van der Waals surface area contributed by atoms with Crippen LogP contribution >= 0.6 is 0 Å². The second kappa shape index (κ2) is 10.4. The van der Waals surface area contributed by atoms with E-state index >= 15 is 0 Å². The molecule has 32 heavy (non-hydrogen) atoms. The van der Waals surface area contributed by atoms with Crippen LogP contribution in [0.1, 0.15) is 16.7 Å². The Morgan fingerprint density at radius 1 is 0.938 bits per heavy atom. The molecule has 1 aliphatic rings. The molecule has 1 N–H and O–H groups in total. The van der Waals surface area contributed by atoms with E-state index in [2.05, 4.69) is 4.90 Å². The minimum Gasteiger partial charge on any atom is -0.497 e. The fourth-order valence-corrected chi connectivity index (χ4v) is 3.73. The van der Waals surface area contributed by atoms with Gasteiger partial charge in [-0.3, -0.25) is 4.90 Å². The fourth-order valence-electron chi connectivity index (χ4n) is 3.73. The molecule has 1 atom stereocenters. The van der Waals surface area contributed by atoms with Gasteiger partial charge in [-0.15, -0.1) is 0 Å². The molecule has 3 aromatic rings. The molecule has 0 saturated heterocycles. The van der Waals surface area contributed by atoms with Crippen LogP contribution in [0.5, 0.6) is 23.0 Å². The maximum Gasteiger partial charge on any atom is 0.231 e. The molecule has 0 radical (unpaired) electrons. The van der Waals surface area contributed by atoms with Crippen LogP contribution in [0.25, 0.3) is 0 Å². The summed E-state index contributed by atoms with van der Waals surface area (Å²) in [5.74, 6) is 3.14. The van der Waals surface area contributed by atoms with Gasteiger partial charge in [-0.1, -0.05) is 36.4 Å². The Kier molecular flexibility index (Phi) is 7.14. The minimum absolute atomic E-state index is 0.227. The molecule has 168 valence electrons. The number of benzene rings is 3. The molecule has 0 aliphatic carbocycles. The van der Waals surface area contributed by atoms with Crippen molar-refractivity contribution < 1.29 is 24.1 Å². The van der Waals surface area contributed by atoms with Crippen molar-refractivity contribution >= 4 is 0 Å². The van der Waals surface area contributed by atoms with Crippen molar-refractivity contribution in [3.8, 4) is 23.0 Å². The third-order valence-corrected chi connectivity index (χ3v) is 5.40. The number of aliphatic hydroxyl groups excluding tert-OH is 1. The second-order valence-electron chi connectivity index (χ2n) is 7.94. The van der Waals surface area contributed by atoms with Crippen molar-refractivity contribution in [2.45, 2.75) is 26.1 Å².